The van der Waals surface area contributed by atoms with Gasteiger partial charge in [-0.1, -0.05) is 13.8 Å². The molecule has 120 valence electrons. The van der Waals surface area contributed by atoms with E-state index in [9.17, 15) is 8.42 Å². The number of H-pyrrole nitrogens is 1. The van der Waals surface area contributed by atoms with Crippen LogP contribution in [-0.4, -0.2) is 41.5 Å². The van der Waals surface area contributed by atoms with Gasteiger partial charge in [-0.15, -0.1) is 0 Å². The fraction of sp³-hybridized carbons (Fsp3) is 0.786. The van der Waals surface area contributed by atoms with Crippen molar-refractivity contribution in [2.75, 3.05) is 13.1 Å². The van der Waals surface area contributed by atoms with E-state index in [-0.39, 0.29) is 4.90 Å². The van der Waals surface area contributed by atoms with E-state index in [1.807, 2.05) is 6.92 Å². The molecule has 0 aromatic carbocycles. The number of sulfonamides is 1. The number of nitrogens with zero attached hydrogens (tertiary/aromatic N) is 2. The third-order valence-electron chi connectivity index (χ3n) is 4.75. The molecule has 0 spiro atoms. The molecule has 21 heavy (non-hydrogen) atoms. The molecule has 2 rings (SSSR count). The van der Waals surface area contributed by atoms with Crippen molar-refractivity contribution in [3.8, 4) is 0 Å². The monoisotopic (exact) mass is 314 g/mol. The maximum absolute atomic E-state index is 13.0. The van der Waals surface area contributed by atoms with Crippen LogP contribution in [0.3, 0.4) is 0 Å². The molecule has 0 bridgehead atoms. The number of nitrogens with two attached hydrogens (primary N) is 1. The zero-order chi connectivity index (χ0) is 15.7. The van der Waals surface area contributed by atoms with Crippen molar-refractivity contribution >= 4 is 10.0 Å². The van der Waals surface area contributed by atoms with Crippen molar-refractivity contribution in [3.63, 3.8) is 0 Å². The SMILES string of the molecule is CCN(C1(CN)CCC(C)CC1)S(=O)(=O)c1cn[nH]c1C. The molecule has 1 aliphatic rings. The van der Waals surface area contributed by atoms with Crippen molar-refractivity contribution in [1.82, 2.24) is 14.5 Å². The minimum absolute atomic E-state index is 0.260. The highest BCUT2D eigenvalue weighted by Gasteiger charge is 2.44. The van der Waals surface area contributed by atoms with Crippen molar-refractivity contribution in [1.29, 1.82) is 0 Å². The Bertz CT molecular complexity index is 574. The average molecular weight is 314 g/mol. The number of rotatable bonds is 5. The van der Waals surface area contributed by atoms with Crippen LogP contribution in [0, 0.1) is 12.8 Å². The van der Waals surface area contributed by atoms with Crippen LogP contribution < -0.4 is 5.73 Å². The molecule has 6 nitrogen and oxygen atoms in total. The highest BCUT2D eigenvalue weighted by molar-refractivity contribution is 7.89. The summed E-state index contributed by atoms with van der Waals surface area (Å²) in [7, 11) is -3.57. The lowest BCUT2D eigenvalue weighted by atomic mass is 9.77. The minimum Gasteiger partial charge on any atom is -0.329 e. The number of likely N-dealkylation sites (N-methyl/N-ethyl adjacent to an activating group) is 1. The van der Waals surface area contributed by atoms with E-state index >= 15 is 0 Å². The summed E-state index contributed by atoms with van der Waals surface area (Å²) in [4.78, 5) is 0.260. The number of aromatic amines is 1. The predicted molar refractivity (Wildman–Crippen MR) is 82.3 cm³/mol. The van der Waals surface area contributed by atoms with E-state index < -0.39 is 15.6 Å². The Hall–Kier alpha value is -0.920. The molecule has 0 saturated heterocycles. The van der Waals surface area contributed by atoms with Gasteiger partial charge in [-0.25, -0.2) is 8.42 Å². The van der Waals surface area contributed by atoms with Gasteiger partial charge in [0.1, 0.15) is 4.90 Å². The first-order valence-corrected chi connectivity index (χ1v) is 9.04. The molecule has 1 saturated carbocycles. The fourth-order valence-corrected chi connectivity index (χ4v) is 5.30. The average Bonchev–Trinajstić information content (AvgIpc) is 2.89. The lowest BCUT2D eigenvalue weighted by molar-refractivity contribution is 0.120. The summed E-state index contributed by atoms with van der Waals surface area (Å²) in [5.41, 5.74) is 6.14. The number of hydrogen-bond donors (Lipinski definition) is 2. The van der Waals surface area contributed by atoms with Crippen LogP contribution in [0.25, 0.3) is 0 Å². The Balaban J connectivity index is 2.40. The van der Waals surface area contributed by atoms with E-state index in [0.717, 1.165) is 25.7 Å². The Kier molecular flexibility index (Phi) is 4.75. The van der Waals surface area contributed by atoms with Crippen LogP contribution in [0.4, 0.5) is 0 Å². The molecular weight excluding hydrogens is 288 g/mol. The molecule has 1 aromatic heterocycles. The zero-order valence-electron chi connectivity index (χ0n) is 13.1. The van der Waals surface area contributed by atoms with E-state index in [0.29, 0.717) is 24.7 Å². The second kappa shape index (κ2) is 6.06. The van der Waals surface area contributed by atoms with Crippen LogP contribution in [0.2, 0.25) is 0 Å². The van der Waals surface area contributed by atoms with Gasteiger partial charge >= 0.3 is 0 Å². The standard InChI is InChI=1S/C14H26N4O2S/c1-4-18(14(10-15)7-5-11(2)6-8-14)21(19,20)13-9-16-17-12(13)3/h9,11H,4-8,10,15H2,1-3H3,(H,16,17). The third-order valence-corrected chi connectivity index (χ3v) is 6.95. The van der Waals surface area contributed by atoms with Gasteiger partial charge in [0, 0.05) is 18.6 Å². The van der Waals surface area contributed by atoms with E-state index in [1.54, 1.807) is 11.2 Å². The Morgan fingerprint density at radius 1 is 1.48 bits per heavy atom. The number of aryl methyl sites for hydroxylation is 1. The molecule has 0 radical (unpaired) electrons. The topological polar surface area (TPSA) is 92.1 Å². The molecule has 3 N–H and O–H groups in total. The summed E-state index contributed by atoms with van der Waals surface area (Å²) in [6.45, 7) is 6.61. The largest absolute Gasteiger partial charge is 0.329 e. The van der Waals surface area contributed by atoms with Gasteiger partial charge in [-0.3, -0.25) is 5.10 Å². The first-order chi connectivity index (χ1) is 9.87. The molecule has 1 heterocycles. The summed E-state index contributed by atoms with van der Waals surface area (Å²) >= 11 is 0. The summed E-state index contributed by atoms with van der Waals surface area (Å²) in [6, 6.07) is 0. The number of nitrogens with one attached hydrogen (secondary N) is 1. The molecule has 0 unspecified atom stereocenters. The lowest BCUT2D eigenvalue weighted by Crippen LogP contribution is -2.57. The fourth-order valence-electron chi connectivity index (χ4n) is 3.33. The Morgan fingerprint density at radius 2 is 2.10 bits per heavy atom. The van der Waals surface area contributed by atoms with E-state index in [1.165, 1.54) is 6.20 Å². The minimum atomic E-state index is -3.57. The first kappa shape index (κ1) is 16.5. The van der Waals surface area contributed by atoms with Gasteiger partial charge in [0.15, 0.2) is 0 Å². The molecule has 1 aromatic rings. The van der Waals surface area contributed by atoms with Crippen molar-refractivity contribution < 1.29 is 8.42 Å². The van der Waals surface area contributed by atoms with Crippen LogP contribution in [-0.2, 0) is 10.0 Å². The molecule has 0 atom stereocenters. The van der Waals surface area contributed by atoms with Crippen molar-refractivity contribution in [2.24, 2.45) is 11.7 Å². The van der Waals surface area contributed by atoms with Crippen LogP contribution >= 0.6 is 0 Å². The molecule has 0 amide bonds. The molecule has 0 aliphatic heterocycles. The summed E-state index contributed by atoms with van der Waals surface area (Å²) in [6.07, 6.45) is 5.09. The summed E-state index contributed by atoms with van der Waals surface area (Å²) in [5, 5.41) is 6.56. The normalized spacial score (nSPS) is 27.2. The number of aromatic nitrogens is 2. The van der Waals surface area contributed by atoms with Gasteiger partial charge < -0.3 is 5.73 Å². The summed E-state index contributed by atoms with van der Waals surface area (Å²) in [5.74, 6) is 0.641. The highest BCUT2D eigenvalue weighted by atomic mass is 32.2. The third kappa shape index (κ3) is 2.86. The van der Waals surface area contributed by atoms with Crippen molar-refractivity contribution in [2.45, 2.75) is 56.9 Å². The van der Waals surface area contributed by atoms with Gasteiger partial charge in [0.25, 0.3) is 0 Å². The van der Waals surface area contributed by atoms with Crippen molar-refractivity contribution in [3.05, 3.63) is 11.9 Å². The summed E-state index contributed by atoms with van der Waals surface area (Å²) < 4.78 is 27.6. The Morgan fingerprint density at radius 3 is 2.52 bits per heavy atom. The number of hydrogen-bond acceptors (Lipinski definition) is 4. The van der Waals surface area contributed by atoms with Gasteiger partial charge in [-0.2, -0.15) is 9.40 Å². The molecular formula is C14H26N4O2S. The zero-order valence-corrected chi connectivity index (χ0v) is 13.9. The second-order valence-electron chi connectivity index (χ2n) is 6.14. The quantitative estimate of drug-likeness (QED) is 0.864. The molecule has 1 fully saturated rings. The maximum atomic E-state index is 13.0. The molecule has 1 aliphatic carbocycles. The van der Waals surface area contributed by atoms with Crippen LogP contribution in [0.15, 0.2) is 11.1 Å². The lowest BCUT2D eigenvalue weighted by Gasteiger charge is -2.45. The smallest absolute Gasteiger partial charge is 0.246 e. The van der Waals surface area contributed by atoms with E-state index in [4.69, 9.17) is 5.73 Å². The van der Waals surface area contributed by atoms with Gasteiger partial charge in [-0.05, 0) is 38.5 Å². The molecule has 7 heteroatoms. The van der Waals surface area contributed by atoms with Crippen LogP contribution in [0.1, 0.15) is 45.2 Å². The Labute approximate surface area is 127 Å². The van der Waals surface area contributed by atoms with Gasteiger partial charge in [0.05, 0.1) is 11.9 Å². The first-order valence-electron chi connectivity index (χ1n) is 7.60. The second-order valence-corrected chi connectivity index (χ2v) is 7.97. The maximum Gasteiger partial charge on any atom is 0.246 e. The highest BCUT2D eigenvalue weighted by Crippen LogP contribution is 2.38. The van der Waals surface area contributed by atoms with E-state index in [2.05, 4.69) is 17.1 Å². The van der Waals surface area contributed by atoms with Crippen LogP contribution in [0.5, 0.6) is 0 Å². The predicted octanol–water partition coefficient (Wildman–Crippen LogP) is 1.64. The van der Waals surface area contributed by atoms with Gasteiger partial charge in [0.2, 0.25) is 10.0 Å².